The third-order valence-corrected chi connectivity index (χ3v) is 10.7. The van der Waals surface area contributed by atoms with Crippen LogP contribution in [0.4, 0.5) is 0 Å². The number of esters is 6. The molecule has 4 aromatic rings. The number of carbonyl (C=O) groups excluding carboxylic acids is 6. The standard InChI is InChI=1S/C41H28O26/c42-15-1-9(2-16(43)26(15)50)36(56)67-41-35-34-32(64-38(58)11(6-21(47)48)10-7-22(49)63-33-23(10)12(39(59)66-35)3-19(46)29(33)53)20(62-41)8-61-37(57)13-4-17(44)27(51)30(54)24(13)25-14(40(60)65-34)5-18(45)28(52)31(25)55/h1-6,10,20,32,34-35,41-46,50-55H,7-8H2,(H,47,48). The van der Waals surface area contributed by atoms with Gasteiger partial charge in [0.05, 0.1) is 34.2 Å². The number of benzene rings is 4. The van der Waals surface area contributed by atoms with E-state index < -0.39 is 205 Å². The molecule has 4 bridgehead atoms. The molecule has 0 spiro atoms. The number of aromatic hydroxyl groups is 11. The molecule has 4 aliphatic rings. The van der Waals surface area contributed by atoms with Gasteiger partial charge in [-0.3, -0.25) is 4.79 Å². The molecule has 0 radical (unpaired) electrons. The van der Waals surface area contributed by atoms with E-state index in [0.29, 0.717) is 30.3 Å². The van der Waals surface area contributed by atoms with E-state index in [2.05, 4.69) is 0 Å². The Morgan fingerprint density at radius 2 is 1.09 bits per heavy atom. The first-order valence-corrected chi connectivity index (χ1v) is 18.8. The van der Waals surface area contributed by atoms with E-state index >= 15 is 0 Å². The van der Waals surface area contributed by atoms with Crippen LogP contribution in [0, 0.1) is 0 Å². The van der Waals surface area contributed by atoms with Gasteiger partial charge in [-0.25, -0.2) is 28.8 Å². The maximum Gasteiger partial charge on any atom is 0.340 e. The minimum atomic E-state index is -2.53. The summed E-state index contributed by atoms with van der Waals surface area (Å²) in [5.41, 5.74) is -7.67. The summed E-state index contributed by atoms with van der Waals surface area (Å²) >= 11 is 0. The number of rotatable bonds is 3. The Balaban J connectivity index is 1.39. The van der Waals surface area contributed by atoms with Crippen molar-refractivity contribution in [3.05, 3.63) is 69.8 Å². The fourth-order valence-electron chi connectivity index (χ4n) is 7.71. The number of fused-ring (bicyclic) bond motifs is 3. The Morgan fingerprint density at radius 3 is 1.69 bits per heavy atom. The number of aliphatic carboxylic acids is 1. The lowest BCUT2D eigenvalue weighted by atomic mass is 9.82. The van der Waals surface area contributed by atoms with Gasteiger partial charge in [-0.1, -0.05) is 0 Å². The fourth-order valence-corrected chi connectivity index (χ4v) is 7.71. The Hall–Kier alpha value is -9.33. The van der Waals surface area contributed by atoms with Crippen LogP contribution < -0.4 is 4.74 Å². The number of ether oxygens (including phenoxy) is 7. The molecule has 6 atom stereocenters. The molecule has 6 unspecified atom stereocenters. The van der Waals surface area contributed by atoms with Crippen LogP contribution in [0.5, 0.6) is 69.0 Å². The molecule has 26 nitrogen and oxygen atoms in total. The molecule has 348 valence electrons. The van der Waals surface area contributed by atoms with Crippen LogP contribution in [0.3, 0.4) is 0 Å². The van der Waals surface area contributed by atoms with Crippen LogP contribution in [0.15, 0.2) is 42.0 Å². The second-order valence-electron chi connectivity index (χ2n) is 14.8. The molecule has 4 aliphatic heterocycles. The van der Waals surface area contributed by atoms with Gasteiger partial charge < -0.3 is 94.4 Å². The van der Waals surface area contributed by atoms with Gasteiger partial charge in [-0.15, -0.1) is 0 Å². The van der Waals surface area contributed by atoms with Crippen molar-refractivity contribution in [3.8, 4) is 80.1 Å². The van der Waals surface area contributed by atoms with E-state index in [1.807, 2.05) is 0 Å². The Bertz CT molecular complexity index is 2930. The highest BCUT2D eigenvalue weighted by Crippen LogP contribution is 2.54. The second kappa shape index (κ2) is 16.0. The molecule has 0 amide bonds. The van der Waals surface area contributed by atoms with Crippen LogP contribution in [0.2, 0.25) is 0 Å². The third kappa shape index (κ3) is 7.36. The lowest BCUT2D eigenvalue weighted by molar-refractivity contribution is -0.286. The van der Waals surface area contributed by atoms with Crippen LogP contribution in [-0.2, 0) is 42.8 Å². The first kappa shape index (κ1) is 44.3. The van der Waals surface area contributed by atoms with Crippen molar-refractivity contribution in [2.75, 3.05) is 6.61 Å². The Morgan fingerprint density at radius 1 is 0.582 bits per heavy atom. The van der Waals surface area contributed by atoms with E-state index in [0.717, 1.165) is 0 Å². The zero-order valence-corrected chi connectivity index (χ0v) is 32.9. The summed E-state index contributed by atoms with van der Waals surface area (Å²) in [4.78, 5) is 96.4. The lowest BCUT2D eigenvalue weighted by Gasteiger charge is -2.44. The predicted octanol–water partition coefficient (Wildman–Crippen LogP) is 0.948. The largest absolute Gasteiger partial charge is 0.504 e. The number of hydrogen-bond acceptors (Lipinski definition) is 25. The molecule has 67 heavy (non-hydrogen) atoms. The molecule has 0 aliphatic carbocycles. The first-order chi connectivity index (χ1) is 31.6. The molecule has 26 heteroatoms. The molecule has 1 saturated heterocycles. The second-order valence-corrected chi connectivity index (χ2v) is 14.8. The van der Waals surface area contributed by atoms with Crippen LogP contribution >= 0.6 is 0 Å². The van der Waals surface area contributed by atoms with Gasteiger partial charge in [0.1, 0.15) is 12.7 Å². The average molecular weight is 937 g/mol. The van der Waals surface area contributed by atoms with E-state index in [-0.39, 0.29) is 6.08 Å². The molecule has 0 saturated carbocycles. The Kier molecular flexibility index (Phi) is 10.6. The number of carbonyl (C=O) groups is 7. The number of phenols is 11. The highest BCUT2D eigenvalue weighted by atomic mass is 16.7. The van der Waals surface area contributed by atoms with Crippen molar-refractivity contribution in [1.82, 2.24) is 0 Å². The van der Waals surface area contributed by atoms with E-state index in [4.69, 9.17) is 33.2 Å². The molecular formula is C41H28O26. The van der Waals surface area contributed by atoms with Gasteiger partial charge in [0.15, 0.2) is 64.0 Å². The number of carboxylic acid groups (broad SMARTS) is 1. The summed E-state index contributed by atoms with van der Waals surface area (Å²) in [5, 5.41) is 126. The first-order valence-electron chi connectivity index (χ1n) is 18.8. The van der Waals surface area contributed by atoms with Gasteiger partial charge in [0.2, 0.25) is 29.6 Å². The minimum Gasteiger partial charge on any atom is -0.504 e. The van der Waals surface area contributed by atoms with Crippen LogP contribution in [-0.4, -0.2) is 140 Å². The summed E-state index contributed by atoms with van der Waals surface area (Å²) in [5.74, 6) is -28.4. The van der Waals surface area contributed by atoms with Crippen molar-refractivity contribution in [2.24, 2.45) is 0 Å². The summed E-state index contributed by atoms with van der Waals surface area (Å²) in [6, 6.07) is 2.51. The highest BCUT2D eigenvalue weighted by Gasteiger charge is 2.56. The molecule has 4 heterocycles. The quantitative estimate of drug-likeness (QED) is 0.0447. The number of phenolic OH excluding ortho intramolecular Hbond substituents is 11. The zero-order chi connectivity index (χ0) is 48.7. The van der Waals surface area contributed by atoms with Gasteiger partial charge in [-0.2, -0.15) is 0 Å². The number of cyclic esters (lactones) is 1. The van der Waals surface area contributed by atoms with Gasteiger partial charge in [0, 0.05) is 28.7 Å². The smallest absolute Gasteiger partial charge is 0.340 e. The summed E-state index contributed by atoms with van der Waals surface area (Å²) in [7, 11) is 0. The monoisotopic (exact) mass is 936 g/mol. The Labute approximate surface area is 369 Å². The normalized spacial score (nSPS) is 22.9. The fraction of sp³-hybridized carbons (Fsp3) is 0.195. The summed E-state index contributed by atoms with van der Waals surface area (Å²) in [6.07, 6.45) is -12.9. The van der Waals surface area contributed by atoms with Crippen molar-refractivity contribution in [2.45, 2.75) is 43.0 Å². The van der Waals surface area contributed by atoms with Crippen LogP contribution in [0.25, 0.3) is 11.1 Å². The predicted molar refractivity (Wildman–Crippen MR) is 204 cm³/mol. The summed E-state index contributed by atoms with van der Waals surface area (Å²) in [6.45, 7) is -1.28. The molecule has 12 N–H and O–H groups in total. The van der Waals surface area contributed by atoms with Crippen LogP contribution in [0.1, 0.15) is 59.3 Å². The maximum absolute atomic E-state index is 14.6. The van der Waals surface area contributed by atoms with E-state index in [1.54, 1.807) is 0 Å². The van der Waals surface area contributed by atoms with Crippen molar-refractivity contribution < 1.29 is 128 Å². The third-order valence-electron chi connectivity index (χ3n) is 10.7. The van der Waals surface area contributed by atoms with Gasteiger partial charge in [0.25, 0.3) is 0 Å². The maximum atomic E-state index is 14.6. The minimum absolute atomic E-state index is 0.217. The van der Waals surface area contributed by atoms with E-state index in [1.165, 1.54) is 0 Å². The average Bonchev–Trinajstić information content (AvgIpc) is 3.27. The van der Waals surface area contributed by atoms with Crippen molar-refractivity contribution in [1.29, 1.82) is 0 Å². The van der Waals surface area contributed by atoms with Gasteiger partial charge >= 0.3 is 41.8 Å². The topological polar surface area (TPSA) is 427 Å². The van der Waals surface area contributed by atoms with Crippen molar-refractivity contribution in [3.63, 3.8) is 0 Å². The highest BCUT2D eigenvalue weighted by molar-refractivity contribution is 6.08. The number of carboxylic acids is 1. The molecule has 1 fully saturated rings. The molecule has 0 aromatic heterocycles. The molecule has 8 rings (SSSR count). The number of hydrogen-bond donors (Lipinski definition) is 12. The van der Waals surface area contributed by atoms with E-state index in [9.17, 15) is 94.8 Å². The SMILES string of the molecule is O=C(O)C=C1C(=O)OC2C3COC(=O)c4cc(O)c(O)c(O)c4-c4c(cc(O)c(O)c4O)C(=O)OC2C(OC(=O)c2cc(O)c(O)c4c2C1CC(=O)O4)C(OC(=O)c1cc(O)c(O)c(O)c1)O3. The molecular weight excluding hydrogens is 908 g/mol. The zero-order valence-electron chi connectivity index (χ0n) is 32.9. The lowest BCUT2D eigenvalue weighted by Crippen LogP contribution is -2.63. The van der Waals surface area contributed by atoms with Gasteiger partial charge in [-0.05, 0) is 30.3 Å². The summed E-state index contributed by atoms with van der Waals surface area (Å²) < 4.78 is 39.0. The molecule has 4 aromatic carbocycles. The van der Waals surface area contributed by atoms with Crippen molar-refractivity contribution >= 4 is 41.8 Å².